The van der Waals surface area contributed by atoms with Crippen LogP contribution in [0.4, 0.5) is 11.4 Å². The number of aryl methyl sites for hydroxylation is 1. The van der Waals surface area contributed by atoms with E-state index in [-0.39, 0.29) is 5.91 Å². The molecular weight excluding hydrogens is 342 g/mol. The summed E-state index contributed by atoms with van der Waals surface area (Å²) in [7, 11) is 0. The number of benzene rings is 2. The largest absolute Gasteiger partial charge is 0.383 e. The number of halogens is 1. The Morgan fingerprint density at radius 1 is 1.27 bits per heavy atom. The van der Waals surface area contributed by atoms with E-state index in [0.29, 0.717) is 18.5 Å². The van der Waals surface area contributed by atoms with E-state index in [2.05, 4.69) is 32.6 Å². The molecule has 0 saturated carbocycles. The van der Waals surface area contributed by atoms with Crippen LogP contribution in [0.25, 0.3) is 0 Å². The zero-order valence-electron chi connectivity index (χ0n) is 12.2. The van der Waals surface area contributed by atoms with E-state index in [4.69, 9.17) is 5.26 Å². The lowest BCUT2D eigenvalue weighted by Crippen LogP contribution is -2.16. The first-order valence-electron chi connectivity index (χ1n) is 6.89. The van der Waals surface area contributed by atoms with E-state index in [1.807, 2.05) is 43.3 Å². The molecular formula is C17H16BrN3O. The molecule has 0 spiro atoms. The number of anilines is 2. The van der Waals surface area contributed by atoms with E-state index in [0.717, 1.165) is 21.4 Å². The lowest BCUT2D eigenvalue weighted by Gasteiger charge is -2.09. The molecule has 5 heteroatoms. The SMILES string of the molecule is Cc1cc(NC(=O)CCNc2ccccc2C#N)ccc1Br. The predicted molar refractivity (Wildman–Crippen MR) is 91.8 cm³/mol. The summed E-state index contributed by atoms with van der Waals surface area (Å²) in [4.78, 5) is 11.9. The van der Waals surface area contributed by atoms with Crippen LogP contribution in [0.1, 0.15) is 17.5 Å². The quantitative estimate of drug-likeness (QED) is 0.847. The third-order valence-electron chi connectivity index (χ3n) is 3.16. The second kappa shape index (κ2) is 7.62. The lowest BCUT2D eigenvalue weighted by atomic mass is 10.2. The van der Waals surface area contributed by atoms with Crippen LogP contribution in [0.2, 0.25) is 0 Å². The van der Waals surface area contributed by atoms with Crippen molar-refractivity contribution in [3.05, 3.63) is 58.1 Å². The summed E-state index contributed by atoms with van der Waals surface area (Å²) in [5.74, 6) is -0.0661. The Balaban J connectivity index is 1.85. The summed E-state index contributed by atoms with van der Waals surface area (Å²) in [6.07, 6.45) is 0.328. The Morgan fingerprint density at radius 3 is 2.77 bits per heavy atom. The third kappa shape index (κ3) is 4.34. The van der Waals surface area contributed by atoms with Crippen LogP contribution in [0.3, 0.4) is 0 Å². The van der Waals surface area contributed by atoms with Gasteiger partial charge < -0.3 is 10.6 Å². The second-order valence-corrected chi connectivity index (χ2v) is 5.70. The van der Waals surface area contributed by atoms with Crippen molar-refractivity contribution in [3.63, 3.8) is 0 Å². The van der Waals surface area contributed by atoms with Crippen LogP contribution in [-0.4, -0.2) is 12.5 Å². The van der Waals surface area contributed by atoms with Gasteiger partial charge in [-0.05, 0) is 42.8 Å². The van der Waals surface area contributed by atoms with E-state index < -0.39 is 0 Å². The first-order valence-corrected chi connectivity index (χ1v) is 7.68. The third-order valence-corrected chi connectivity index (χ3v) is 4.05. The van der Waals surface area contributed by atoms with E-state index in [1.165, 1.54) is 0 Å². The van der Waals surface area contributed by atoms with Crippen molar-refractivity contribution in [2.45, 2.75) is 13.3 Å². The first-order chi connectivity index (χ1) is 10.6. The minimum atomic E-state index is -0.0661. The molecule has 0 aliphatic rings. The normalized spacial score (nSPS) is 9.86. The molecule has 2 aromatic rings. The van der Waals surface area contributed by atoms with Crippen LogP contribution in [0.15, 0.2) is 46.9 Å². The number of para-hydroxylation sites is 1. The zero-order valence-corrected chi connectivity index (χ0v) is 13.8. The summed E-state index contributed by atoms with van der Waals surface area (Å²) in [5.41, 5.74) is 3.17. The molecule has 22 heavy (non-hydrogen) atoms. The number of carbonyl (C=O) groups excluding carboxylic acids is 1. The Kier molecular flexibility index (Phi) is 5.56. The molecule has 0 atom stereocenters. The van der Waals surface area contributed by atoms with Gasteiger partial charge in [-0.3, -0.25) is 4.79 Å². The van der Waals surface area contributed by atoms with Gasteiger partial charge >= 0.3 is 0 Å². The van der Waals surface area contributed by atoms with Crippen molar-refractivity contribution in [1.29, 1.82) is 5.26 Å². The monoisotopic (exact) mass is 357 g/mol. The average Bonchev–Trinajstić information content (AvgIpc) is 2.51. The molecule has 0 saturated heterocycles. The van der Waals surface area contributed by atoms with Gasteiger partial charge in [-0.2, -0.15) is 5.26 Å². The Morgan fingerprint density at radius 2 is 2.05 bits per heavy atom. The standard InChI is InChI=1S/C17H16BrN3O/c1-12-10-14(6-7-15(12)18)21-17(22)8-9-20-16-5-3-2-4-13(16)11-19/h2-7,10,20H,8-9H2,1H3,(H,21,22). The first kappa shape index (κ1) is 16.1. The molecule has 112 valence electrons. The van der Waals surface area contributed by atoms with Gasteiger partial charge in [0.15, 0.2) is 0 Å². The summed E-state index contributed by atoms with van der Waals surface area (Å²) < 4.78 is 1.01. The predicted octanol–water partition coefficient (Wildman–Crippen LogP) is 4.07. The van der Waals surface area contributed by atoms with Crippen LogP contribution in [0.5, 0.6) is 0 Å². The summed E-state index contributed by atoms with van der Waals surface area (Å²) in [6.45, 7) is 2.44. The number of nitriles is 1. The molecule has 0 fully saturated rings. The number of rotatable bonds is 5. The van der Waals surface area contributed by atoms with Crippen LogP contribution >= 0.6 is 15.9 Å². The number of carbonyl (C=O) groups is 1. The van der Waals surface area contributed by atoms with E-state index >= 15 is 0 Å². The molecule has 0 aliphatic heterocycles. The lowest BCUT2D eigenvalue weighted by molar-refractivity contribution is -0.115. The van der Waals surface area contributed by atoms with Gasteiger partial charge in [-0.15, -0.1) is 0 Å². The fourth-order valence-electron chi connectivity index (χ4n) is 1.99. The fraction of sp³-hybridized carbons (Fsp3) is 0.176. The van der Waals surface area contributed by atoms with Gasteiger partial charge in [0.2, 0.25) is 5.91 Å². The Labute approximate surface area is 138 Å². The maximum Gasteiger partial charge on any atom is 0.226 e. The maximum absolute atomic E-state index is 11.9. The molecule has 0 aromatic heterocycles. The molecule has 1 amide bonds. The van der Waals surface area contributed by atoms with Gasteiger partial charge in [0.25, 0.3) is 0 Å². The van der Waals surface area contributed by atoms with Crippen molar-refractivity contribution in [3.8, 4) is 6.07 Å². The number of hydrogen-bond donors (Lipinski definition) is 2. The molecule has 0 unspecified atom stereocenters. The van der Waals surface area contributed by atoms with Gasteiger partial charge in [-0.1, -0.05) is 28.1 Å². The molecule has 0 radical (unpaired) electrons. The molecule has 2 rings (SSSR count). The van der Waals surface area contributed by atoms with E-state index in [9.17, 15) is 4.79 Å². The van der Waals surface area contributed by atoms with Crippen molar-refractivity contribution >= 4 is 33.2 Å². The van der Waals surface area contributed by atoms with Gasteiger partial charge in [0, 0.05) is 23.1 Å². The summed E-state index contributed by atoms with van der Waals surface area (Å²) in [6, 6.07) is 15.0. The molecule has 0 aliphatic carbocycles. The van der Waals surface area contributed by atoms with Crippen molar-refractivity contribution in [2.24, 2.45) is 0 Å². The molecule has 0 heterocycles. The minimum absolute atomic E-state index is 0.0661. The highest BCUT2D eigenvalue weighted by Gasteiger charge is 2.05. The van der Waals surface area contributed by atoms with Crippen molar-refractivity contribution < 1.29 is 4.79 Å². The van der Waals surface area contributed by atoms with E-state index in [1.54, 1.807) is 6.07 Å². The average molecular weight is 358 g/mol. The van der Waals surface area contributed by atoms with Crippen LogP contribution in [-0.2, 0) is 4.79 Å². The Hall–Kier alpha value is -2.32. The van der Waals surface area contributed by atoms with Gasteiger partial charge in [-0.25, -0.2) is 0 Å². The Bertz CT molecular complexity index is 722. The molecule has 4 nitrogen and oxygen atoms in total. The highest BCUT2D eigenvalue weighted by Crippen LogP contribution is 2.20. The fourth-order valence-corrected chi connectivity index (χ4v) is 2.24. The van der Waals surface area contributed by atoms with Gasteiger partial charge in [0.1, 0.15) is 6.07 Å². The number of nitrogens with one attached hydrogen (secondary N) is 2. The highest BCUT2D eigenvalue weighted by atomic mass is 79.9. The van der Waals surface area contributed by atoms with Crippen LogP contribution < -0.4 is 10.6 Å². The summed E-state index contributed by atoms with van der Waals surface area (Å²) >= 11 is 3.43. The second-order valence-electron chi connectivity index (χ2n) is 4.85. The maximum atomic E-state index is 11.9. The number of nitrogens with zero attached hydrogens (tertiary/aromatic N) is 1. The summed E-state index contributed by atoms with van der Waals surface area (Å²) in [5, 5.41) is 15.0. The molecule has 2 N–H and O–H groups in total. The zero-order chi connectivity index (χ0) is 15.9. The number of amides is 1. The number of hydrogen-bond acceptors (Lipinski definition) is 3. The highest BCUT2D eigenvalue weighted by molar-refractivity contribution is 9.10. The van der Waals surface area contributed by atoms with Crippen molar-refractivity contribution in [1.82, 2.24) is 0 Å². The molecule has 0 bridgehead atoms. The minimum Gasteiger partial charge on any atom is -0.383 e. The van der Waals surface area contributed by atoms with Gasteiger partial charge in [0.05, 0.1) is 11.3 Å². The molecule has 2 aromatic carbocycles. The smallest absolute Gasteiger partial charge is 0.226 e. The van der Waals surface area contributed by atoms with Crippen molar-refractivity contribution in [2.75, 3.05) is 17.2 Å². The topological polar surface area (TPSA) is 64.9 Å². The van der Waals surface area contributed by atoms with Crippen LogP contribution in [0, 0.1) is 18.3 Å².